The van der Waals surface area contributed by atoms with Crippen LogP contribution in [0.25, 0.3) is 0 Å². The molecule has 0 aliphatic rings. The van der Waals surface area contributed by atoms with E-state index in [-0.39, 0.29) is 12.6 Å². The van der Waals surface area contributed by atoms with Gasteiger partial charge in [0.15, 0.2) is 0 Å². The Morgan fingerprint density at radius 1 is 1.36 bits per heavy atom. The number of aromatic nitrogens is 2. The van der Waals surface area contributed by atoms with E-state index < -0.39 is 0 Å². The minimum atomic E-state index is 0.107. The molecule has 0 amide bonds. The van der Waals surface area contributed by atoms with Crippen LogP contribution in [0.15, 0.2) is 24.3 Å². The van der Waals surface area contributed by atoms with Crippen LogP contribution in [0, 0.1) is 13.8 Å². The first-order chi connectivity index (χ1) is 10.4. The smallest absolute Gasteiger partial charge is 0.0644 e. The highest BCUT2D eigenvalue weighted by molar-refractivity contribution is 6.30. The first kappa shape index (κ1) is 17.0. The Hall–Kier alpha value is -1.36. The summed E-state index contributed by atoms with van der Waals surface area (Å²) < 4.78 is 1.88. The first-order valence-electron chi connectivity index (χ1n) is 7.53. The van der Waals surface area contributed by atoms with Crippen LogP contribution >= 0.6 is 11.6 Å². The van der Waals surface area contributed by atoms with E-state index in [0.717, 1.165) is 23.0 Å². The van der Waals surface area contributed by atoms with Gasteiger partial charge < -0.3 is 5.11 Å². The summed E-state index contributed by atoms with van der Waals surface area (Å²) in [6, 6.07) is 8.25. The fraction of sp³-hybridized carbons (Fsp3) is 0.471. The van der Waals surface area contributed by atoms with Crippen molar-refractivity contribution in [3.05, 3.63) is 51.8 Å². The highest BCUT2D eigenvalue weighted by Crippen LogP contribution is 2.25. The average Bonchev–Trinajstić information content (AvgIpc) is 2.74. The highest BCUT2D eigenvalue weighted by atomic mass is 35.5. The van der Waals surface area contributed by atoms with E-state index in [0.29, 0.717) is 6.54 Å². The zero-order valence-electron chi connectivity index (χ0n) is 13.7. The minimum absolute atomic E-state index is 0.107. The lowest BCUT2D eigenvalue weighted by molar-refractivity contribution is 0.251. The Kier molecular flexibility index (Phi) is 5.62. The van der Waals surface area contributed by atoms with Crippen LogP contribution in [0.4, 0.5) is 0 Å². The van der Waals surface area contributed by atoms with Crippen molar-refractivity contribution >= 4 is 11.6 Å². The summed E-state index contributed by atoms with van der Waals surface area (Å²) in [6.07, 6.45) is 0. The fourth-order valence-electron chi connectivity index (χ4n) is 2.68. The second kappa shape index (κ2) is 7.27. The molecule has 1 aromatic carbocycles. The molecule has 0 saturated carbocycles. The van der Waals surface area contributed by atoms with Gasteiger partial charge in [-0.05, 0) is 45.5 Å². The van der Waals surface area contributed by atoms with Crippen molar-refractivity contribution in [1.82, 2.24) is 14.7 Å². The maximum atomic E-state index is 9.11. The molecule has 0 bridgehead atoms. The minimum Gasteiger partial charge on any atom is -0.394 e. The lowest BCUT2D eigenvalue weighted by Crippen LogP contribution is -2.22. The molecular weight excluding hydrogens is 298 g/mol. The van der Waals surface area contributed by atoms with Crippen LogP contribution < -0.4 is 0 Å². The van der Waals surface area contributed by atoms with Gasteiger partial charge in [0.05, 0.1) is 18.8 Å². The van der Waals surface area contributed by atoms with Crippen molar-refractivity contribution in [2.75, 3.05) is 13.7 Å². The lowest BCUT2D eigenvalue weighted by atomic mass is 10.1. The Balaban J connectivity index is 2.16. The van der Waals surface area contributed by atoms with Crippen molar-refractivity contribution in [2.24, 2.45) is 0 Å². The number of aryl methyl sites for hydroxylation is 1. The van der Waals surface area contributed by atoms with Gasteiger partial charge in [0.25, 0.3) is 0 Å². The number of halogens is 1. The normalized spacial score (nSPS) is 12.9. The summed E-state index contributed by atoms with van der Waals surface area (Å²) >= 11 is 6.09. The number of aliphatic hydroxyl groups is 1. The quantitative estimate of drug-likeness (QED) is 0.887. The van der Waals surface area contributed by atoms with E-state index in [1.807, 2.05) is 29.8 Å². The second-order valence-electron chi connectivity index (χ2n) is 5.74. The summed E-state index contributed by atoms with van der Waals surface area (Å²) in [5.41, 5.74) is 4.57. The molecule has 2 aromatic rings. The van der Waals surface area contributed by atoms with E-state index in [1.165, 1.54) is 11.1 Å². The monoisotopic (exact) mass is 321 g/mol. The van der Waals surface area contributed by atoms with Crippen LogP contribution in [0.1, 0.15) is 35.5 Å². The predicted molar refractivity (Wildman–Crippen MR) is 90.1 cm³/mol. The maximum absolute atomic E-state index is 9.11. The molecule has 1 N–H and O–H groups in total. The molecule has 22 heavy (non-hydrogen) atoms. The van der Waals surface area contributed by atoms with Gasteiger partial charge in [-0.1, -0.05) is 23.7 Å². The Labute approximate surface area is 137 Å². The van der Waals surface area contributed by atoms with Gasteiger partial charge in [-0.15, -0.1) is 0 Å². The molecule has 120 valence electrons. The lowest BCUT2D eigenvalue weighted by Gasteiger charge is -2.25. The van der Waals surface area contributed by atoms with E-state index in [9.17, 15) is 0 Å². The molecule has 0 saturated heterocycles. The summed E-state index contributed by atoms with van der Waals surface area (Å²) in [6.45, 7) is 7.72. The van der Waals surface area contributed by atoms with Crippen molar-refractivity contribution in [3.8, 4) is 0 Å². The Morgan fingerprint density at radius 2 is 2.09 bits per heavy atom. The Morgan fingerprint density at radius 3 is 2.73 bits per heavy atom. The molecule has 0 aliphatic carbocycles. The summed E-state index contributed by atoms with van der Waals surface area (Å²) in [7, 11) is 2.10. The zero-order chi connectivity index (χ0) is 16.3. The first-order valence-corrected chi connectivity index (χ1v) is 7.91. The number of benzene rings is 1. The summed E-state index contributed by atoms with van der Waals surface area (Å²) in [5.74, 6) is 0. The number of hydrogen-bond acceptors (Lipinski definition) is 3. The average molecular weight is 322 g/mol. The van der Waals surface area contributed by atoms with E-state index in [4.69, 9.17) is 16.7 Å². The molecule has 5 heteroatoms. The van der Waals surface area contributed by atoms with Gasteiger partial charge in [-0.3, -0.25) is 9.58 Å². The molecule has 0 fully saturated rings. The van der Waals surface area contributed by atoms with Gasteiger partial charge in [0.2, 0.25) is 0 Å². The van der Waals surface area contributed by atoms with Crippen LogP contribution in [0.3, 0.4) is 0 Å². The molecule has 2 rings (SSSR count). The van der Waals surface area contributed by atoms with Crippen LogP contribution in [0.2, 0.25) is 5.02 Å². The molecule has 1 atom stereocenters. The van der Waals surface area contributed by atoms with Crippen LogP contribution in [-0.4, -0.2) is 33.4 Å². The number of hydrogen-bond donors (Lipinski definition) is 1. The molecular formula is C17H24ClN3O. The van der Waals surface area contributed by atoms with Crippen LogP contribution in [0.5, 0.6) is 0 Å². The SMILES string of the molecule is Cc1nn(CCO)c(C)c1CN(C)C(C)c1cccc(Cl)c1. The van der Waals surface area contributed by atoms with Gasteiger partial charge >= 0.3 is 0 Å². The second-order valence-corrected chi connectivity index (χ2v) is 6.18. The molecule has 0 radical (unpaired) electrons. The Bertz CT molecular complexity index is 639. The third kappa shape index (κ3) is 3.69. The van der Waals surface area contributed by atoms with E-state index in [2.05, 4.69) is 37.0 Å². The van der Waals surface area contributed by atoms with Crippen molar-refractivity contribution in [1.29, 1.82) is 0 Å². The van der Waals surface area contributed by atoms with E-state index in [1.54, 1.807) is 0 Å². The summed E-state index contributed by atoms with van der Waals surface area (Å²) in [4.78, 5) is 2.28. The molecule has 1 heterocycles. The zero-order valence-corrected chi connectivity index (χ0v) is 14.4. The van der Waals surface area contributed by atoms with E-state index >= 15 is 0 Å². The standard InChI is InChI=1S/C17H24ClN3O/c1-12-17(14(3)21(19-12)8-9-22)11-20(4)13(2)15-6-5-7-16(18)10-15/h5-7,10,13,22H,8-9,11H2,1-4H3. The molecule has 0 spiro atoms. The molecule has 4 nitrogen and oxygen atoms in total. The number of aliphatic hydroxyl groups excluding tert-OH is 1. The predicted octanol–water partition coefficient (Wildman–Crippen LogP) is 3.34. The third-order valence-electron chi connectivity index (χ3n) is 4.24. The topological polar surface area (TPSA) is 41.3 Å². The van der Waals surface area contributed by atoms with Gasteiger partial charge in [-0.2, -0.15) is 5.10 Å². The number of rotatable bonds is 6. The van der Waals surface area contributed by atoms with Crippen molar-refractivity contribution < 1.29 is 5.11 Å². The summed E-state index contributed by atoms with van der Waals surface area (Å²) in [5, 5.41) is 14.4. The highest BCUT2D eigenvalue weighted by Gasteiger charge is 2.17. The fourth-order valence-corrected chi connectivity index (χ4v) is 2.88. The third-order valence-corrected chi connectivity index (χ3v) is 4.48. The molecule has 0 aliphatic heterocycles. The molecule has 1 unspecified atom stereocenters. The van der Waals surface area contributed by atoms with Crippen LogP contribution in [-0.2, 0) is 13.1 Å². The van der Waals surface area contributed by atoms with Gasteiger partial charge in [-0.25, -0.2) is 0 Å². The van der Waals surface area contributed by atoms with Crippen molar-refractivity contribution in [3.63, 3.8) is 0 Å². The molecule has 1 aromatic heterocycles. The van der Waals surface area contributed by atoms with Gasteiger partial charge in [0, 0.05) is 28.9 Å². The van der Waals surface area contributed by atoms with Crippen molar-refractivity contribution in [2.45, 2.75) is 39.9 Å². The van der Waals surface area contributed by atoms with Gasteiger partial charge in [0.1, 0.15) is 0 Å². The number of nitrogens with zero attached hydrogens (tertiary/aromatic N) is 3. The largest absolute Gasteiger partial charge is 0.394 e. The maximum Gasteiger partial charge on any atom is 0.0644 e.